The van der Waals surface area contributed by atoms with E-state index in [1.807, 2.05) is 65.1 Å². The number of hydrogen-bond donors (Lipinski definition) is 0. The summed E-state index contributed by atoms with van der Waals surface area (Å²) in [6.45, 7) is 12.8. The van der Waals surface area contributed by atoms with Crippen molar-refractivity contribution in [3.8, 4) is 22.7 Å². The molecule has 9 heterocycles. The third-order valence-corrected chi connectivity index (χ3v) is 29.1. The zero-order valence-corrected chi connectivity index (χ0v) is 78.2. The fraction of sp³-hybridized carbons (Fsp3) is 0.0551. The predicted molar refractivity (Wildman–Crippen MR) is 585 cm³/mol. The number of hydrogen-bond acceptors (Lipinski definition) is 4. The van der Waals surface area contributed by atoms with Crippen molar-refractivity contribution < 1.29 is 8.83 Å². The summed E-state index contributed by atoms with van der Waals surface area (Å²) in [5, 5.41) is 23.3. The second-order valence-electron chi connectivity index (χ2n) is 35.4. The average Bonchev–Trinajstić information content (AvgIpc) is 1.57. The average molecular weight is 1790 g/mol. The van der Waals surface area contributed by atoms with Gasteiger partial charge in [0.05, 0.1) is 44.1 Å². The molecule has 0 N–H and O–H groups in total. The number of para-hydroxylation sites is 11. The Labute approximate surface area is 795 Å². The van der Waals surface area contributed by atoms with E-state index in [0.717, 1.165) is 22.3 Å². The molecule has 136 heavy (non-hydrogen) atoms. The SMILES string of the molecule is Cc1ccc2c(c1)c1cc(-n3c4ccccc4c4ccccc43)ccc1n2-c1ccccc1.Cc1ccc2c(c1)c1ccc(-n3c4ccccc4c4ccccc43)cc1n2-c1ccccc1.Cc1ccc2oc3ccccc3c2c1.Cc1ccc2sc3ccccc3c2c1.Cc1cccc2c1oc1ccccc12.Cc1cccc2c1sc1ccccc12.Cn1c2ccccc2c2ccccc21. The van der Waals surface area contributed by atoms with E-state index in [1.165, 1.54) is 227 Å². The van der Waals surface area contributed by atoms with Gasteiger partial charge in [-0.3, -0.25) is 0 Å². The Kier molecular flexibility index (Phi) is 21.9. The van der Waals surface area contributed by atoms with Crippen LogP contribution in [0, 0.1) is 41.5 Å². The lowest BCUT2D eigenvalue weighted by Gasteiger charge is -2.11. The number of thiophene rings is 2. The summed E-state index contributed by atoms with van der Waals surface area (Å²) < 4.78 is 28.9. The summed E-state index contributed by atoms with van der Waals surface area (Å²) >= 11 is 3.76. The van der Waals surface area contributed by atoms with Crippen LogP contribution < -0.4 is 0 Å². The highest BCUT2D eigenvalue weighted by atomic mass is 32.1. The highest BCUT2D eigenvalue weighted by Gasteiger charge is 2.21. The van der Waals surface area contributed by atoms with E-state index in [9.17, 15) is 0 Å². The quantitative estimate of drug-likeness (QED) is 0.176. The summed E-state index contributed by atoms with van der Waals surface area (Å²) in [6, 6.07) is 160. The standard InChI is InChI=1S/2C31H22N2.C13H11N.2C13H10O.2C13H10S/c1-21-15-18-30-27(19-21)26-17-16-23(20-31(26)32(30)22-9-3-2-4-10-22)33-28-13-7-5-11-24(28)25-12-6-8-14-29(25)33;1-21-15-17-30-26(19-21)27-20-23(16-18-31(27)32(30)22-9-3-2-4-10-22)33-28-13-7-5-11-24(28)25-12-6-8-14-29(25)33;1-14-12-8-4-2-6-10(12)11-7-3-5-9-13(11)14;1-9-5-4-7-11-10-6-2-3-8-12(10)14-13(9)11;1-9-6-7-13-11(8-9)10-4-2-3-5-12(10)14-13;1-9-5-4-7-11-10-6-2-3-8-12(10)14-13(9)11;1-9-6-7-13-11(8-9)10-4-2-3-5-12(10)14-13/h2*2-20H,1H3;2-9H,1H3;4*2-8H,1H3. The van der Waals surface area contributed by atoms with Crippen LogP contribution in [0.2, 0.25) is 0 Å². The number of aryl methyl sites for hydroxylation is 7. The van der Waals surface area contributed by atoms with Crippen molar-refractivity contribution in [2.45, 2.75) is 41.5 Å². The predicted octanol–water partition coefficient (Wildman–Crippen LogP) is 36.2. The Morgan fingerprint density at radius 2 is 0.500 bits per heavy atom. The highest BCUT2D eigenvalue weighted by Crippen LogP contribution is 2.43. The van der Waals surface area contributed by atoms with Crippen LogP contribution in [-0.2, 0) is 7.05 Å². The summed E-state index contributed by atoms with van der Waals surface area (Å²) in [5.41, 5.74) is 28.8. The van der Waals surface area contributed by atoms with Gasteiger partial charge >= 0.3 is 0 Å². The number of benzene rings is 20. The van der Waals surface area contributed by atoms with Crippen molar-refractivity contribution in [3.05, 3.63) is 482 Å². The summed E-state index contributed by atoms with van der Waals surface area (Å²) in [7, 11) is 2.12. The molecule has 0 aliphatic heterocycles. The van der Waals surface area contributed by atoms with Gasteiger partial charge in [0.1, 0.15) is 22.3 Å². The van der Waals surface area contributed by atoms with Crippen molar-refractivity contribution in [3.63, 3.8) is 0 Å². The Morgan fingerprint density at radius 3 is 1.04 bits per heavy atom. The third kappa shape index (κ3) is 15.2. The fourth-order valence-corrected chi connectivity index (χ4v) is 22.5. The minimum absolute atomic E-state index is 0.966. The van der Waals surface area contributed by atoms with E-state index in [2.05, 4.69) is 478 Å². The van der Waals surface area contributed by atoms with Gasteiger partial charge in [0.15, 0.2) is 0 Å². The van der Waals surface area contributed by atoms with Gasteiger partial charge in [-0.25, -0.2) is 0 Å². The number of fused-ring (bicyclic) bond motifs is 27. The fourth-order valence-electron chi connectivity index (χ4n) is 20.2. The van der Waals surface area contributed by atoms with E-state index in [0.29, 0.717) is 0 Å². The summed E-state index contributed by atoms with van der Waals surface area (Å²) in [5.74, 6) is 0. The first-order valence-electron chi connectivity index (χ1n) is 46.5. The smallest absolute Gasteiger partial charge is 0.138 e. The molecule has 0 aliphatic rings. The van der Waals surface area contributed by atoms with Crippen LogP contribution >= 0.6 is 22.7 Å². The van der Waals surface area contributed by atoms with Crippen LogP contribution in [0.4, 0.5) is 0 Å². The van der Waals surface area contributed by atoms with Crippen LogP contribution in [-0.4, -0.2) is 22.8 Å². The maximum Gasteiger partial charge on any atom is 0.138 e. The van der Waals surface area contributed by atoms with Crippen molar-refractivity contribution in [2.75, 3.05) is 0 Å². The number of furan rings is 2. The van der Waals surface area contributed by atoms with Crippen molar-refractivity contribution in [1.29, 1.82) is 0 Å². The largest absolute Gasteiger partial charge is 0.456 e. The Bertz CT molecular complexity index is 9190. The molecule has 9 aromatic heterocycles. The number of rotatable bonds is 4. The first-order chi connectivity index (χ1) is 66.9. The molecular formula is C127H95N5O2S2. The van der Waals surface area contributed by atoms with E-state index in [4.69, 9.17) is 8.83 Å². The molecule has 20 aromatic carbocycles. The molecule has 29 rings (SSSR count). The molecule has 652 valence electrons. The first kappa shape index (κ1) is 83.8. The molecular weight excluding hydrogens is 1690 g/mol. The monoisotopic (exact) mass is 1790 g/mol. The van der Waals surface area contributed by atoms with Crippen LogP contribution in [0.25, 0.3) is 216 Å². The molecule has 0 bridgehead atoms. The van der Waals surface area contributed by atoms with Crippen LogP contribution in [0.15, 0.2) is 458 Å². The minimum atomic E-state index is 0.966. The second-order valence-corrected chi connectivity index (χ2v) is 37.6. The number of aromatic nitrogens is 5. The lowest BCUT2D eigenvalue weighted by Crippen LogP contribution is -1.96. The van der Waals surface area contributed by atoms with Gasteiger partial charge in [0.25, 0.3) is 0 Å². The van der Waals surface area contributed by atoms with Gasteiger partial charge in [0.2, 0.25) is 0 Å². The summed E-state index contributed by atoms with van der Waals surface area (Å²) in [6.07, 6.45) is 0. The molecule has 29 aromatic rings. The third-order valence-electron chi connectivity index (χ3n) is 26.6. The van der Waals surface area contributed by atoms with E-state index in [-0.39, 0.29) is 0 Å². The minimum Gasteiger partial charge on any atom is -0.456 e. The molecule has 0 amide bonds. The zero-order chi connectivity index (χ0) is 91.6. The maximum atomic E-state index is 5.78. The molecule has 0 aliphatic carbocycles. The van der Waals surface area contributed by atoms with E-state index < -0.39 is 0 Å². The van der Waals surface area contributed by atoms with Crippen molar-refractivity contribution in [1.82, 2.24) is 22.8 Å². The van der Waals surface area contributed by atoms with Gasteiger partial charge in [-0.05, 0) is 216 Å². The van der Waals surface area contributed by atoms with Gasteiger partial charge in [-0.15, -0.1) is 22.7 Å². The molecule has 0 radical (unpaired) electrons. The first-order valence-corrected chi connectivity index (χ1v) is 48.1. The zero-order valence-electron chi connectivity index (χ0n) is 76.6. The van der Waals surface area contributed by atoms with E-state index in [1.54, 1.807) is 0 Å². The van der Waals surface area contributed by atoms with Gasteiger partial charge in [-0.1, -0.05) is 307 Å². The Hall–Kier alpha value is -16.6. The summed E-state index contributed by atoms with van der Waals surface area (Å²) in [4.78, 5) is 0. The number of nitrogens with zero attached hydrogens (tertiary/aromatic N) is 5. The van der Waals surface area contributed by atoms with Crippen LogP contribution in [0.1, 0.15) is 33.4 Å². The van der Waals surface area contributed by atoms with Crippen molar-refractivity contribution >= 4 is 216 Å². The molecule has 7 nitrogen and oxygen atoms in total. The second kappa shape index (κ2) is 35.5. The maximum absolute atomic E-state index is 5.78. The Morgan fingerprint density at radius 1 is 0.176 bits per heavy atom. The van der Waals surface area contributed by atoms with E-state index >= 15 is 0 Å². The molecule has 0 unspecified atom stereocenters. The van der Waals surface area contributed by atoms with Crippen molar-refractivity contribution in [2.24, 2.45) is 7.05 Å². The van der Waals surface area contributed by atoms with Gasteiger partial charge < -0.3 is 31.7 Å². The molecule has 0 saturated carbocycles. The Balaban J connectivity index is 0.0000000930. The molecule has 0 saturated heterocycles. The van der Waals surface area contributed by atoms with Crippen LogP contribution in [0.3, 0.4) is 0 Å². The molecule has 0 atom stereocenters. The normalized spacial score (nSPS) is 11.5. The highest BCUT2D eigenvalue weighted by molar-refractivity contribution is 7.26. The molecule has 9 heteroatoms. The topological polar surface area (TPSA) is 50.9 Å². The van der Waals surface area contributed by atoms with Crippen LogP contribution in [0.5, 0.6) is 0 Å². The molecule has 0 fully saturated rings. The van der Waals surface area contributed by atoms with Gasteiger partial charge in [-0.2, -0.15) is 0 Å². The molecule has 0 spiro atoms. The van der Waals surface area contributed by atoms with Gasteiger partial charge in [0, 0.05) is 157 Å². The lowest BCUT2D eigenvalue weighted by molar-refractivity contribution is 0.666. The lowest BCUT2D eigenvalue weighted by atomic mass is 10.1.